The average molecular weight is 301 g/mol. The number of thiophene rings is 1. The predicted octanol–water partition coefficient (Wildman–Crippen LogP) is 1.67. The predicted molar refractivity (Wildman–Crippen MR) is 77.3 cm³/mol. The molecule has 0 fully saturated rings. The minimum atomic E-state index is -3.02. The first-order chi connectivity index (χ1) is 8.88. The van der Waals surface area contributed by atoms with Crippen LogP contribution in [0.2, 0.25) is 0 Å². The molecule has 0 saturated heterocycles. The van der Waals surface area contributed by atoms with Crippen molar-refractivity contribution in [1.82, 2.24) is 4.90 Å². The van der Waals surface area contributed by atoms with Gasteiger partial charge in [0, 0.05) is 24.7 Å². The first-order valence-electron chi connectivity index (χ1n) is 6.37. The number of sulfone groups is 1. The largest absolute Gasteiger partial charge is 0.344 e. The van der Waals surface area contributed by atoms with E-state index in [-0.39, 0.29) is 24.1 Å². The van der Waals surface area contributed by atoms with Crippen LogP contribution in [0, 0.1) is 0 Å². The van der Waals surface area contributed by atoms with E-state index in [0.717, 1.165) is 24.8 Å². The Morgan fingerprint density at radius 1 is 1.53 bits per heavy atom. The number of amides is 1. The number of rotatable bonds is 4. The summed E-state index contributed by atoms with van der Waals surface area (Å²) in [6.07, 6.45) is 4.16. The third kappa shape index (κ3) is 3.57. The molecule has 1 unspecified atom stereocenters. The van der Waals surface area contributed by atoms with Gasteiger partial charge in [-0.2, -0.15) is 0 Å². The molecule has 0 radical (unpaired) electrons. The maximum atomic E-state index is 12.4. The summed E-state index contributed by atoms with van der Waals surface area (Å²) in [5.74, 6) is -0.0131. The molecule has 1 aliphatic rings. The van der Waals surface area contributed by atoms with Crippen LogP contribution in [-0.4, -0.2) is 44.8 Å². The van der Waals surface area contributed by atoms with Crippen LogP contribution in [0.4, 0.5) is 0 Å². The minimum Gasteiger partial charge on any atom is -0.344 e. The van der Waals surface area contributed by atoms with Crippen LogP contribution in [0.3, 0.4) is 0 Å². The van der Waals surface area contributed by atoms with Gasteiger partial charge in [0.25, 0.3) is 0 Å². The van der Waals surface area contributed by atoms with Gasteiger partial charge in [-0.15, -0.1) is 11.3 Å². The Morgan fingerprint density at radius 2 is 2.26 bits per heavy atom. The summed E-state index contributed by atoms with van der Waals surface area (Å²) in [7, 11) is -1.34. The summed E-state index contributed by atoms with van der Waals surface area (Å²) in [6, 6.07) is 2.03. The van der Waals surface area contributed by atoms with Gasteiger partial charge >= 0.3 is 0 Å². The molecule has 1 heterocycles. The van der Waals surface area contributed by atoms with Gasteiger partial charge in [0.15, 0.2) is 0 Å². The number of likely N-dealkylation sites (N-methyl/N-ethyl adjacent to an activating group) is 1. The molecule has 1 amide bonds. The van der Waals surface area contributed by atoms with E-state index in [4.69, 9.17) is 0 Å². The first-order valence-corrected chi connectivity index (χ1v) is 9.31. The zero-order valence-electron chi connectivity index (χ0n) is 11.3. The number of hydrogen-bond donors (Lipinski definition) is 0. The number of fused-ring (bicyclic) bond motifs is 1. The fourth-order valence-electron chi connectivity index (χ4n) is 2.42. The molecule has 0 N–H and O–H groups in total. The quantitative estimate of drug-likeness (QED) is 0.850. The third-order valence-electron chi connectivity index (χ3n) is 3.52. The van der Waals surface area contributed by atoms with Gasteiger partial charge in [0.1, 0.15) is 9.84 Å². The Kier molecular flexibility index (Phi) is 4.30. The van der Waals surface area contributed by atoms with Gasteiger partial charge in [0.05, 0.1) is 11.7 Å². The smallest absolute Gasteiger partial charge is 0.229 e. The standard InChI is InChI=1S/C13H19NO3S2/c1-14(7-9-19(2,16)17)13(15)11-4-3-5-12-10(11)6-8-18-12/h6,8,11H,3-5,7,9H2,1-2H3. The molecule has 19 heavy (non-hydrogen) atoms. The van der Waals surface area contributed by atoms with Crippen molar-refractivity contribution < 1.29 is 13.2 Å². The highest BCUT2D eigenvalue weighted by molar-refractivity contribution is 7.90. The molecular formula is C13H19NO3S2. The summed E-state index contributed by atoms with van der Waals surface area (Å²) in [4.78, 5) is 15.3. The molecule has 0 saturated carbocycles. The van der Waals surface area contributed by atoms with Gasteiger partial charge in [-0.05, 0) is 36.3 Å². The number of nitrogens with zero attached hydrogens (tertiary/aromatic N) is 1. The number of aryl methyl sites for hydroxylation is 1. The van der Waals surface area contributed by atoms with E-state index >= 15 is 0 Å². The van der Waals surface area contributed by atoms with E-state index < -0.39 is 9.84 Å². The van der Waals surface area contributed by atoms with Gasteiger partial charge in [0.2, 0.25) is 5.91 Å². The topological polar surface area (TPSA) is 54.5 Å². The van der Waals surface area contributed by atoms with Crippen molar-refractivity contribution in [2.45, 2.75) is 25.2 Å². The molecule has 0 aromatic carbocycles. The molecule has 0 bridgehead atoms. The Hall–Kier alpha value is -0.880. The minimum absolute atomic E-state index is 0.0262. The highest BCUT2D eigenvalue weighted by Gasteiger charge is 2.29. The summed E-state index contributed by atoms with van der Waals surface area (Å²) in [6.45, 7) is 0.271. The zero-order chi connectivity index (χ0) is 14.0. The highest BCUT2D eigenvalue weighted by atomic mass is 32.2. The van der Waals surface area contributed by atoms with Crippen molar-refractivity contribution in [2.24, 2.45) is 0 Å². The van der Waals surface area contributed by atoms with E-state index in [1.165, 1.54) is 11.1 Å². The second kappa shape index (κ2) is 5.63. The Labute approximate surface area is 118 Å². The average Bonchev–Trinajstić information content (AvgIpc) is 2.82. The molecule has 1 atom stereocenters. The molecular weight excluding hydrogens is 282 g/mol. The summed E-state index contributed by atoms with van der Waals surface area (Å²) in [5, 5.41) is 2.03. The lowest BCUT2D eigenvalue weighted by Crippen LogP contribution is -2.36. The van der Waals surface area contributed by atoms with Crippen LogP contribution in [-0.2, 0) is 21.1 Å². The van der Waals surface area contributed by atoms with Crippen LogP contribution in [0.25, 0.3) is 0 Å². The summed E-state index contributed by atoms with van der Waals surface area (Å²) in [5.41, 5.74) is 1.15. The molecule has 6 heteroatoms. The fourth-order valence-corrected chi connectivity index (χ4v) is 4.01. The SMILES string of the molecule is CN(CCS(C)(=O)=O)C(=O)C1CCCc2sccc21. The molecule has 1 aromatic heterocycles. The van der Waals surface area contributed by atoms with Gasteiger partial charge in [-0.1, -0.05) is 0 Å². The number of carbonyl (C=O) groups is 1. The second-order valence-electron chi connectivity index (χ2n) is 5.13. The Bertz CT molecular complexity index is 562. The summed E-state index contributed by atoms with van der Waals surface area (Å²) < 4.78 is 22.3. The van der Waals surface area contributed by atoms with Crippen LogP contribution in [0.1, 0.15) is 29.2 Å². The molecule has 1 aromatic rings. The molecule has 106 valence electrons. The van der Waals surface area contributed by atoms with Crippen LogP contribution in [0.5, 0.6) is 0 Å². The second-order valence-corrected chi connectivity index (χ2v) is 8.39. The normalized spacial score (nSPS) is 18.9. The van der Waals surface area contributed by atoms with Crippen molar-refractivity contribution in [2.75, 3.05) is 25.6 Å². The fraction of sp³-hybridized carbons (Fsp3) is 0.615. The Balaban J connectivity index is 2.05. The molecule has 0 spiro atoms. The molecule has 1 aliphatic carbocycles. The van der Waals surface area contributed by atoms with Crippen molar-refractivity contribution in [1.29, 1.82) is 0 Å². The maximum Gasteiger partial charge on any atom is 0.229 e. The van der Waals surface area contributed by atoms with E-state index in [2.05, 4.69) is 0 Å². The summed E-state index contributed by atoms with van der Waals surface area (Å²) >= 11 is 1.71. The van der Waals surface area contributed by atoms with Crippen LogP contribution in [0.15, 0.2) is 11.4 Å². The van der Waals surface area contributed by atoms with Crippen molar-refractivity contribution in [3.8, 4) is 0 Å². The lowest BCUT2D eigenvalue weighted by molar-refractivity contribution is -0.131. The van der Waals surface area contributed by atoms with Gasteiger partial charge in [-0.3, -0.25) is 4.79 Å². The van der Waals surface area contributed by atoms with E-state index in [1.807, 2.05) is 11.4 Å². The molecule has 0 aliphatic heterocycles. The van der Waals surface area contributed by atoms with Crippen LogP contribution < -0.4 is 0 Å². The zero-order valence-corrected chi connectivity index (χ0v) is 12.9. The maximum absolute atomic E-state index is 12.4. The van der Waals surface area contributed by atoms with Crippen molar-refractivity contribution in [3.05, 3.63) is 21.9 Å². The van der Waals surface area contributed by atoms with E-state index in [0.29, 0.717) is 0 Å². The lowest BCUT2D eigenvalue weighted by Gasteiger charge is -2.26. The van der Waals surface area contributed by atoms with E-state index in [9.17, 15) is 13.2 Å². The lowest BCUT2D eigenvalue weighted by atomic mass is 9.87. The van der Waals surface area contributed by atoms with Gasteiger partial charge in [-0.25, -0.2) is 8.42 Å². The van der Waals surface area contributed by atoms with Crippen LogP contribution >= 0.6 is 11.3 Å². The molecule has 4 nitrogen and oxygen atoms in total. The number of hydrogen-bond acceptors (Lipinski definition) is 4. The van der Waals surface area contributed by atoms with E-state index in [1.54, 1.807) is 23.3 Å². The highest BCUT2D eigenvalue weighted by Crippen LogP contribution is 2.35. The van der Waals surface area contributed by atoms with Crippen molar-refractivity contribution >= 4 is 27.1 Å². The molecule has 2 rings (SSSR count). The number of carbonyl (C=O) groups excluding carboxylic acids is 1. The Morgan fingerprint density at radius 3 is 2.95 bits per heavy atom. The first kappa shape index (κ1) is 14.5. The van der Waals surface area contributed by atoms with Gasteiger partial charge < -0.3 is 4.90 Å². The monoisotopic (exact) mass is 301 g/mol. The third-order valence-corrected chi connectivity index (χ3v) is 5.44. The van der Waals surface area contributed by atoms with Crippen molar-refractivity contribution in [3.63, 3.8) is 0 Å².